The van der Waals surface area contributed by atoms with E-state index < -0.39 is 0 Å². The van der Waals surface area contributed by atoms with Crippen LogP contribution in [-0.4, -0.2) is 64.7 Å². The third-order valence-electron chi connectivity index (χ3n) is 4.52. The number of fused-ring (bicyclic) bond motifs is 1. The lowest BCUT2D eigenvalue weighted by Gasteiger charge is -2.27. The standard InChI is InChI=1S/C19H19N5O4/c1-27-16-4-3-13(19(26)23-7-9-28-10-8-23)11-15(16)22-18(25)14-12-21-24-6-2-5-20-17(14)24/h2-6,11-12H,7-10H2,1H3,(H,22,25). The molecule has 28 heavy (non-hydrogen) atoms. The summed E-state index contributed by atoms with van der Waals surface area (Å²) in [5, 5.41) is 6.92. The van der Waals surface area contributed by atoms with Crippen molar-refractivity contribution in [2.45, 2.75) is 0 Å². The number of ether oxygens (including phenoxy) is 2. The zero-order valence-electron chi connectivity index (χ0n) is 15.3. The lowest BCUT2D eigenvalue weighted by Crippen LogP contribution is -2.40. The van der Waals surface area contributed by atoms with E-state index in [1.54, 1.807) is 41.6 Å². The second kappa shape index (κ2) is 7.65. The number of carbonyl (C=O) groups is 2. The topological polar surface area (TPSA) is 98.1 Å². The predicted molar refractivity (Wildman–Crippen MR) is 101 cm³/mol. The van der Waals surface area contributed by atoms with Gasteiger partial charge < -0.3 is 19.7 Å². The Balaban J connectivity index is 1.61. The summed E-state index contributed by atoms with van der Waals surface area (Å²) < 4.78 is 12.1. The van der Waals surface area contributed by atoms with Crippen LogP contribution in [0.2, 0.25) is 0 Å². The molecule has 0 saturated carbocycles. The molecule has 0 bridgehead atoms. The second-order valence-electron chi connectivity index (χ2n) is 6.22. The highest BCUT2D eigenvalue weighted by Gasteiger charge is 2.21. The number of methoxy groups -OCH3 is 1. The lowest BCUT2D eigenvalue weighted by molar-refractivity contribution is 0.0303. The molecule has 1 aromatic carbocycles. The molecule has 0 spiro atoms. The number of anilines is 1. The van der Waals surface area contributed by atoms with Crippen LogP contribution < -0.4 is 10.1 Å². The number of benzene rings is 1. The Kier molecular flexibility index (Phi) is 4.90. The third-order valence-corrected chi connectivity index (χ3v) is 4.52. The molecule has 4 rings (SSSR count). The van der Waals surface area contributed by atoms with Crippen LogP contribution in [-0.2, 0) is 4.74 Å². The molecule has 1 N–H and O–H groups in total. The SMILES string of the molecule is COc1ccc(C(=O)N2CCOCC2)cc1NC(=O)c1cnn2cccnc12. The third kappa shape index (κ3) is 3.39. The van der Waals surface area contributed by atoms with Crippen molar-refractivity contribution in [1.82, 2.24) is 19.5 Å². The average Bonchev–Trinajstić information content (AvgIpc) is 3.18. The molecule has 2 aromatic heterocycles. The molecule has 0 aliphatic carbocycles. The van der Waals surface area contributed by atoms with Gasteiger partial charge in [0.2, 0.25) is 0 Å². The van der Waals surface area contributed by atoms with E-state index in [0.717, 1.165) is 0 Å². The Morgan fingerprint density at radius 2 is 2.07 bits per heavy atom. The van der Waals surface area contributed by atoms with Crippen molar-refractivity contribution in [3.8, 4) is 5.75 Å². The van der Waals surface area contributed by atoms with E-state index in [0.29, 0.717) is 54.5 Å². The van der Waals surface area contributed by atoms with E-state index in [-0.39, 0.29) is 11.8 Å². The smallest absolute Gasteiger partial charge is 0.261 e. The minimum Gasteiger partial charge on any atom is -0.495 e. The summed E-state index contributed by atoms with van der Waals surface area (Å²) in [6.07, 6.45) is 4.75. The van der Waals surface area contributed by atoms with E-state index in [1.165, 1.54) is 17.8 Å². The van der Waals surface area contributed by atoms with Crippen LogP contribution in [0.3, 0.4) is 0 Å². The highest BCUT2D eigenvalue weighted by molar-refractivity contribution is 6.09. The van der Waals surface area contributed by atoms with Crippen molar-refractivity contribution < 1.29 is 19.1 Å². The number of carbonyl (C=O) groups excluding carboxylic acids is 2. The zero-order chi connectivity index (χ0) is 19.5. The molecule has 1 aliphatic rings. The molecular weight excluding hydrogens is 362 g/mol. The van der Waals surface area contributed by atoms with Crippen molar-refractivity contribution in [2.24, 2.45) is 0 Å². The maximum atomic E-state index is 12.8. The fourth-order valence-corrected chi connectivity index (χ4v) is 3.06. The first-order chi connectivity index (χ1) is 13.7. The van der Waals surface area contributed by atoms with Crippen molar-refractivity contribution >= 4 is 23.1 Å². The van der Waals surface area contributed by atoms with Crippen molar-refractivity contribution in [3.05, 3.63) is 54.0 Å². The number of nitrogens with zero attached hydrogens (tertiary/aromatic N) is 4. The monoisotopic (exact) mass is 381 g/mol. The normalized spacial score (nSPS) is 14.1. The van der Waals surface area contributed by atoms with Crippen molar-refractivity contribution in [3.63, 3.8) is 0 Å². The molecule has 3 heterocycles. The first kappa shape index (κ1) is 17.9. The zero-order valence-corrected chi connectivity index (χ0v) is 15.3. The van der Waals surface area contributed by atoms with E-state index in [4.69, 9.17) is 9.47 Å². The minimum atomic E-state index is -0.386. The molecule has 0 radical (unpaired) electrons. The van der Waals surface area contributed by atoms with Gasteiger partial charge in [-0.3, -0.25) is 9.59 Å². The molecule has 9 nitrogen and oxygen atoms in total. The molecular formula is C19H19N5O4. The molecule has 144 valence electrons. The lowest BCUT2D eigenvalue weighted by atomic mass is 10.1. The van der Waals surface area contributed by atoms with E-state index in [9.17, 15) is 9.59 Å². The molecule has 1 fully saturated rings. The number of rotatable bonds is 4. The van der Waals surface area contributed by atoms with Crippen LogP contribution in [0.15, 0.2) is 42.9 Å². The van der Waals surface area contributed by atoms with E-state index >= 15 is 0 Å². The summed E-state index contributed by atoms with van der Waals surface area (Å²) in [6.45, 7) is 2.13. The molecule has 3 aromatic rings. The molecule has 0 unspecified atom stereocenters. The van der Waals surface area contributed by atoms with Gasteiger partial charge in [0.1, 0.15) is 11.3 Å². The average molecular weight is 381 g/mol. The summed E-state index contributed by atoms with van der Waals surface area (Å²) in [5.41, 5.74) is 1.64. The molecule has 9 heteroatoms. The van der Waals surface area contributed by atoms with Crippen molar-refractivity contribution in [1.29, 1.82) is 0 Å². The van der Waals surface area contributed by atoms with Gasteiger partial charge >= 0.3 is 0 Å². The first-order valence-electron chi connectivity index (χ1n) is 8.82. The fourth-order valence-electron chi connectivity index (χ4n) is 3.06. The van der Waals surface area contributed by atoms with Gasteiger partial charge in [0.15, 0.2) is 5.65 Å². The van der Waals surface area contributed by atoms with Gasteiger partial charge in [0, 0.05) is 31.0 Å². The molecule has 1 aliphatic heterocycles. The van der Waals surface area contributed by atoms with Crippen LogP contribution in [0.4, 0.5) is 5.69 Å². The van der Waals surface area contributed by atoms with Gasteiger partial charge in [-0.1, -0.05) is 0 Å². The largest absolute Gasteiger partial charge is 0.495 e. The Morgan fingerprint density at radius 3 is 2.86 bits per heavy atom. The predicted octanol–water partition coefficient (Wildman–Crippen LogP) is 1.46. The summed E-state index contributed by atoms with van der Waals surface area (Å²) >= 11 is 0. The van der Waals surface area contributed by atoms with Crippen LogP contribution in [0, 0.1) is 0 Å². The summed E-state index contributed by atoms with van der Waals surface area (Å²) in [5.74, 6) is -0.0432. The number of morpholine rings is 1. The van der Waals surface area contributed by atoms with Crippen molar-refractivity contribution in [2.75, 3.05) is 38.7 Å². The van der Waals surface area contributed by atoms with Crippen LogP contribution in [0.1, 0.15) is 20.7 Å². The number of nitrogens with one attached hydrogen (secondary N) is 1. The maximum absolute atomic E-state index is 12.8. The number of amides is 2. The van der Waals surface area contributed by atoms with Crippen LogP contribution in [0.5, 0.6) is 5.75 Å². The Morgan fingerprint density at radius 1 is 1.25 bits per heavy atom. The summed E-state index contributed by atoms with van der Waals surface area (Å²) in [4.78, 5) is 31.4. The molecule has 1 saturated heterocycles. The highest BCUT2D eigenvalue weighted by Crippen LogP contribution is 2.27. The van der Waals surface area contributed by atoms with E-state index in [2.05, 4.69) is 15.4 Å². The number of hydrogen-bond acceptors (Lipinski definition) is 6. The fraction of sp³-hybridized carbons (Fsp3) is 0.263. The van der Waals surface area contributed by atoms with Gasteiger partial charge in [0.05, 0.1) is 32.2 Å². The summed E-state index contributed by atoms with van der Waals surface area (Å²) in [6, 6.07) is 6.69. The Bertz CT molecular complexity index is 1030. The van der Waals surface area contributed by atoms with E-state index in [1.807, 2.05) is 0 Å². The highest BCUT2D eigenvalue weighted by atomic mass is 16.5. The maximum Gasteiger partial charge on any atom is 0.261 e. The van der Waals surface area contributed by atoms with Gasteiger partial charge in [-0.05, 0) is 24.3 Å². The summed E-state index contributed by atoms with van der Waals surface area (Å²) in [7, 11) is 1.51. The Hall–Kier alpha value is -3.46. The first-order valence-corrected chi connectivity index (χ1v) is 8.82. The number of hydrogen-bond donors (Lipinski definition) is 1. The van der Waals surface area contributed by atoms with Crippen LogP contribution >= 0.6 is 0 Å². The molecule has 2 amide bonds. The van der Waals surface area contributed by atoms with Gasteiger partial charge in [-0.2, -0.15) is 5.10 Å². The van der Waals surface area contributed by atoms with Gasteiger partial charge in [0.25, 0.3) is 11.8 Å². The van der Waals surface area contributed by atoms with Gasteiger partial charge in [-0.25, -0.2) is 9.50 Å². The Labute approximate surface area is 160 Å². The van der Waals surface area contributed by atoms with Gasteiger partial charge in [-0.15, -0.1) is 0 Å². The second-order valence-corrected chi connectivity index (χ2v) is 6.22. The number of aromatic nitrogens is 3. The minimum absolute atomic E-state index is 0.112. The van der Waals surface area contributed by atoms with Crippen LogP contribution in [0.25, 0.3) is 5.65 Å². The quantitative estimate of drug-likeness (QED) is 0.735. The molecule has 0 atom stereocenters.